The lowest BCUT2D eigenvalue weighted by molar-refractivity contribution is -0.136. The number of aromatic nitrogens is 2. The van der Waals surface area contributed by atoms with Crippen LogP contribution in [0.3, 0.4) is 0 Å². The number of carboxylic acid groups (broad SMARTS) is 1. The van der Waals surface area contributed by atoms with Crippen LogP contribution in [0.4, 0.5) is 10.8 Å². The fourth-order valence-electron chi connectivity index (χ4n) is 4.54. The van der Waals surface area contributed by atoms with E-state index in [9.17, 15) is 9.59 Å². The van der Waals surface area contributed by atoms with Gasteiger partial charge in [-0.3, -0.25) is 14.6 Å². The number of carbonyl (C=O) groups excluding carboxylic acids is 1. The maximum Gasteiger partial charge on any atom is 0.305 e. The third-order valence-corrected chi connectivity index (χ3v) is 7.67. The third kappa shape index (κ3) is 4.48. The Morgan fingerprint density at radius 3 is 2.32 bits per heavy atom. The van der Waals surface area contributed by atoms with Crippen molar-refractivity contribution in [2.45, 2.75) is 24.7 Å². The van der Waals surface area contributed by atoms with Gasteiger partial charge in [-0.1, -0.05) is 41.7 Å². The van der Waals surface area contributed by atoms with Crippen LogP contribution in [0.2, 0.25) is 0 Å². The number of hydrogen-bond donors (Lipinski definition) is 2. The van der Waals surface area contributed by atoms with Crippen molar-refractivity contribution in [3.05, 3.63) is 71.0 Å². The van der Waals surface area contributed by atoms with Gasteiger partial charge in [0.25, 0.3) is 5.91 Å². The lowest BCUT2D eigenvalue weighted by Gasteiger charge is -2.35. The van der Waals surface area contributed by atoms with Crippen LogP contribution in [-0.4, -0.2) is 59.7 Å². The maximum absolute atomic E-state index is 13.1. The average Bonchev–Trinajstić information content (AvgIpc) is 3.56. The molecule has 34 heavy (non-hydrogen) atoms. The van der Waals surface area contributed by atoms with Crippen LogP contribution in [0.1, 0.15) is 40.2 Å². The van der Waals surface area contributed by atoms with Crippen molar-refractivity contribution in [1.29, 1.82) is 0 Å². The van der Waals surface area contributed by atoms with Gasteiger partial charge in [0.2, 0.25) is 0 Å². The molecule has 176 valence electrons. The van der Waals surface area contributed by atoms with Gasteiger partial charge in [0.1, 0.15) is 4.88 Å². The van der Waals surface area contributed by atoms with Crippen molar-refractivity contribution in [3.63, 3.8) is 0 Å². The number of nitrogens with zero attached hydrogens (tertiary/aromatic N) is 4. The monoisotopic (exact) mass is 477 g/mol. The molecule has 2 aliphatic rings. The van der Waals surface area contributed by atoms with E-state index in [-0.39, 0.29) is 24.3 Å². The van der Waals surface area contributed by atoms with E-state index >= 15 is 0 Å². The summed E-state index contributed by atoms with van der Waals surface area (Å²) in [5.41, 5.74) is 2.92. The number of thiazole rings is 1. The van der Waals surface area contributed by atoms with E-state index in [4.69, 9.17) is 10.1 Å². The van der Waals surface area contributed by atoms with E-state index in [0.29, 0.717) is 4.88 Å². The fourth-order valence-corrected chi connectivity index (χ4v) is 5.67. The van der Waals surface area contributed by atoms with Crippen LogP contribution < -0.4 is 15.1 Å². The molecule has 3 aromatic rings. The molecule has 1 saturated heterocycles. The van der Waals surface area contributed by atoms with Gasteiger partial charge in [-0.2, -0.15) is 0 Å². The number of benzene rings is 1. The number of amides is 1. The normalized spacial score (nSPS) is 16.8. The fraction of sp³-hybridized carbons (Fsp3) is 0.360. The van der Waals surface area contributed by atoms with Gasteiger partial charge in [0.05, 0.1) is 12.1 Å². The SMILES string of the molecule is O=C(O)CCNC(=O)c1sc(N2CCN(c3ccncc3)CC2)nc1C1(c2ccccc2)CC1. The first-order valence-electron chi connectivity index (χ1n) is 11.5. The highest BCUT2D eigenvalue weighted by Gasteiger charge is 2.50. The topological polar surface area (TPSA) is 98.7 Å². The van der Waals surface area contributed by atoms with Crippen molar-refractivity contribution in [2.75, 3.05) is 42.5 Å². The van der Waals surface area contributed by atoms with Crippen LogP contribution >= 0.6 is 11.3 Å². The highest BCUT2D eigenvalue weighted by atomic mass is 32.1. The number of piperazine rings is 1. The summed E-state index contributed by atoms with van der Waals surface area (Å²) in [7, 11) is 0. The molecule has 1 aliphatic carbocycles. The molecule has 1 saturated carbocycles. The number of pyridine rings is 1. The van der Waals surface area contributed by atoms with E-state index in [1.807, 2.05) is 42.7 Å². The Bertz CT molecular complexity index is 1160. The molecule has 0 bridgehead atoms. The average molecular weight is 478 g/mol. The van der Waals surface area contributed by atoms with Crippen LogP contribution in [0.15, 0.2) is 54.9 Å². The third-order valence-electron chi connectivity index (χ3n) is 6.55. The Labute approximate surface area is 202 Å². The smallest absolute Gasteiger partial charge is 0.305 e. The molecule has 2 N–H and O–H groups in total. The van der Waals surface area contributed by atoms with Crippen molar-refractivity contribution < 1.29 is 14.7 Å². The highest BCUT2D eigenvalue weighted by molar-refractivity contribution is 7.17. The molecule has 8 nitrogen and oxygen atoms in total. The molecule has 1 aromatic carbocycles. The van der Waals surface area contributed by atoms with Crippen LogP contribution in [-0.2, 0) is 10.2 Å². The predicted octanol–water partition coefficient (Wildman–Crippen LogP) is 3.15. The summed E-state index contributed by atoms with van der Waals surface area (Å²) in [5.74, 6) is -1.17. The zero-order valence-corrected chi connectivity index (χ0v) is 19.6. The van der Waals surface area contributed by atoms with Gasteiger partial charge in [0, 0.05) is 56.2 Å². The summed E-state index contributed by atoms with van der Waals surface area (Å²) in [6.07, 6.45) is 5.41. The molecular weight excluding hydrogens is 450 g/mol. The minimum absolute atomic E-state index is 0.101. The van der Waals surface area contributed by atoms with Crippen molar-refractivity contribution >= 4 is 34.0 Å². The Balaban J connectivity index is 1.39. The standard InChI is InChI=1S/C25H27N5O3S/c31-20(32)8-13-27-23(33)21-22(25(9-10-25)18-4-2-1-3-5-18)28-24(34-21)30-16-14-29(15-17-30)19-6-11-26-12-7-19/h1-7,11-12H,8-10,13-17H2,(H,27,33)(H,31,32). The second-order valence-corrected chi connectivity index (χ2v) is 9.68. The minimum atomic E-state index is -0.930. The molecular formula is C25H27N5O3S. The van der Waals surface area contributed by atoms with Gasteiger partial charge in [-0.05, 0) is 30.5 Å². The van der Waals surface area contributed by atoms with E-state index in [1.54, 1.807) is 0 Å². The number of carboxylic acids is 1. The lowest BCUT2D eigenvalue weighted by atomic mass is 9.91. The number of aliphatic carboxylic acids is 1. The number of hydrogen-bond acceptors (Lipinski definition) is 7. The molecule has 0 spiro atoms. The number of rotatable bonds is 8. The second kappa shape index (κ2) is 9.42. The summed E-state index contributed by atoms with van der Waals surface area (Å²) < 4.78 is 0. The zero-order valence-electron chi connectivity index (χ0n) is 18.8. The maximum atomic E-state index is 13.1. The largest absolute Gasteiger partial charge is 0.481 e. The molecule has 1 amide bonds. The van der Waals surface area contributed by atoms with Gasteiger partial charge in [-0.25, -0.2) is 4.98 Å². The molecule has 9 heteroatoms. The summed E-state index contributed by atoms with van der Waals surface area (Å²) >= 11 is 1.42. The van der Waals surface area contributed by atoms with Crippen molar-refractivity contribution in [3.8, 4) is 0 Å². The van der Waals surface area contributed by atoms with Crippen LogP contribution in [0.5, 0.6) is 0 Å². The minimum Gasteiger partial charge on any atom is -0.481 e. The highest BCUT2D eigenvalue weighted by Crippen LogP contribution is 2.55. The van der Waals surface area contributed by atoms with Crippen molar-refractivity contribution in [1.82, 2.24) is 15.3 Å². The molecule has 1 aliphatic heterocycles. The van der Waals surface area contributed by atoms with Crippen LogP contribution in [0.25, 0.3) is 0 Å². The summed E-state index contributed by atoms with van der Waals surface area (Å²) in [6.45, 7) is 3.46. The molecule has 0 atom stereocenters. The zero-order chi connectivity index (χ0) is 23.5. The molecule has 5 rings (SSSR count). The van der Waals surface area contributed by atoms with E-state index in [1.165, 1.54) is 16.9 Å². The van der Waals surface area contributed by atoms with Gasteiger partial charge in [-0.15, -0.1) is 0 Å². The first kappa shape index (κ1) is 22.3. The summed E-state index contributed by atoms with van der Waals surface area (Å²) in [4.78, 5) is 38.3. The Morgan fingerprint density at radius 2 is 1.68 bits per heavy atom. The van der Waals surface area contributed by atoms with E-state index in [0.717, 1.165) is 55.5 Å². The molecule has 3 heterocycles. The van der Waals surface area contributed by atoms with Gasteiger partial charge in [0.15, 0.2) is 5.13 Å². The van der Waals surface area contributed by atoms with Crippen molar-refractivity contribution in [2.24, 2.45) is 0 Å². The number of carbonyl (C=O) groups is 2. The number of anilines is 2. The summed E-state index contributed by atoms with van der Waals surface area (Å²) in [5, 5.41) is 12.6. The Hall–Kier alpha value is -3.46. The Morgan fingerprint density at radius 1 is 1.00 bits per heavy atom. The van der Waals surface area contributed by atoms with Crippen LogP contribution in [0, 0.1) is 0 Å². The Kier molecular flexibility index (Phi) is 6.19. The first-order chi connectivity index (χ1) is 16.6. The molecule has 0 unspecified atom stereocenters. The molecule has 2 fully saturated rings. The van der Waals surface area contributed by atoms with E-state index in [2.05, 4.69) is 32.2 Å². The van der Waals surface area contributed by atoms with E-state index < -0.39 is 5.97 Å². The lowest BCUT2D eigenvalue weighted by Crippen LogP contribution is -2.46. The number of nitrogens with one attached hydrogen (secondary N) is 1. The quantitative estimate of drug-likeness (QED) is 0.514. The molecule has 2 aromatic heterocycles. The first-order valence-corrected chi connectivity index (χ1v) is 12.4. The summed E-state index contributed by atoms with van der Waals surface area (Å²) in [6, 6.07) is 14.3. The second-order valence-electron chi connectivity index (χ2n) is 8.70. The van der Waals surface area contributed by atoms with Gasteiger partial charge < -0.3 is 20.2 Å². The molecule has 0 radical (unpaired) electrons. The van der Waals surface area contributed by atoms with Gasteiger partial charge >= 0.3 is 5.97 Å². The predicted molar refractivity (Wildman–Crippen MR) is 132 cm³/mol.